The summed E-state index contributed by atoms with van der Waals surface area (Å²) in [6, 6.07) is 7.47. The lowest BCUT2D eigenvalue weighted by Crippen LogP contribution is -2.38. The summed E-state index contributed by atoms with van der Waals surface area (Å²) in [6.45, 7) is 8.81. The number of hydrogen-bond acceptors (Lipinski definition) is 2. The van der Waals surface area contributed by atoms with E-state index in [2.05, 4.69) is 5.32 Å². The summed E-state index contributed by atoms with van der Waals surface area (Å²) < 4.78 is 0. The zero-order valence-corrected chi connectivity index (χ0v) is 14.1. The van der Waals surface area contributed by atoms with Gasteiger partial charge in [-0.1, -0.05) is 51.4 Å². The number of rotatable bonds is 7. The fourth-order valence-electron chi connectivity index (χ4n) is 2.37. The Morgan fingerprint density at radius 3 is 2.57 bits per heavy atom. The van der Waals surface area contributed by atoms with Gasteiger partial charge in [0.15, 0.2) is 0 Å². The summed E-state index contributed by atoms with van der Waals surface area (Å²) in [7, 11) is 0. The molecule has 0 fully saturated rings. The van der Waals surface area contributed by atoms with E-state index in [1.807, 2.05) is 52.0 Å². The van der Waals surface area contributed by atoms with Gasteiger partial charge >= 0.3 is 0 Å². The molecule has 21 heavy (non-hydrogen) atoms. The Morgan fingerprint density at radius 1 is 1.38 bits per heavy atom. The molecule has 0 bridgehead atoms. The van der Waals surface area contributed by atoms with Gasteiger partial charge in [-0.3, -0.25) is 4.79 Å². The number of carbonyl (C=O) groups is 1. The van der Waals surface area contributed by atoms with Gasteiger partial charge in [-0.15, -0.1) is 0 Å². The lowest BCUT2D eigenvalue weighted by molar-refractivity contribution is -0.124. The zero-order chi connectivity index (χ0) is 16.0. The van der Waals surface area contributed by atoms with E-state index in [0.29, 0.717) is 18.0 Å². The Hall–Kier alpha value is -1.06. The molecule has 3 nitrogen and oxygen atoms in total. The summed E-state index contributed by atoms with van der Waals surface area (Å²) in [5, 5.41) is 12.7. The van der Waals surface area contributed by atoms with Gasteiger partial charge < -0.3 is 10.4 Å². The van der Waals surface area contributed by atoms with Crippen LogP contribution in [-0.2, 0) is 4.79 Å². The molecule has 1 aromatic rings. The second-order valence-corrected chi connectivity index (χ2v) is 7.07. The van der Waals surface area contributed by atoms with Crippen molar-refractivity contribution in [2.45, 2.75) is 40.0 Å². The van der Waals surface area contributed by atoms with Crippen molar-refractivity contribution >= 4 is 17.5 Å². The minimum Gasteiger partial charge on any atom is -0.396 e. The average molecular weight is 312 g/mol. The third-order valence-corrected chi connectivity index (χ3v) is 3.92. The molecule has 0 aliphatic heterocycles. The van der Waals surface area contributed by atoms with Gasteiger partial charge in [-0.05, 0) is 35.4 Å². The molecular formula is C17H26ClNO2. The highest BCUT2D eigenvalue weighted by Crippen LogP contribution is 2.27. The van der Waals surface area contributed by atoms with E-state index in [9.17, 15) is 4.79 Å². The van der Waals surface area contributed by atoms with Crippen LogP contribution in [0.3, 0.4) is 0 Å². The molecule has 0 aliphatic carbocycles. The van der Waals surface area contributed by atoms with Crippen LogP contribution in [0.5, 0.6) is 0 Å². The van der Waals surface area contributed by atoms with Crippen LogP contribution < -0.4 is 5.32 Å². The van der Waals surface area contributed by atoms with Gasteiger partial charge in [-0.2, -0.15) is 0 Å². The van der Waals surface area contributed by atoms with Gasteiger partial charge in [0.25, 0.3) is 0 Å². The van der Waals surface area contributed by atoms with Crippen molar-refractivity contribution < 1.29 is 9.90 Å². The topological polar surface area (TPSA) is 49.3 Å². The van der Waals surface area contributed by atoms with Crippen LogP contribution in [0.4, 0.5) is 0 Å². The van der Waals surface area contributed by atoms with Crippen molar-refractivity contribution in [2.75, 3.05) is 13.2 Å². The Morgan fingerprint density at radius 2 is 2.05 bits per heavy atom. The third kappa shape index (κ3) is 5.68. The highest BCUT2D eigenvalue weighted by Gasteiger charge is 2.26. The van der Waals surface area contributed by atoms with E-state index in [1.165, 1.54) is 0 Å². The molecule has 0 heterocycles. The number of halogens is 1. The fourth-order valence-corrected chi connectivity index (χ4v) is 2.57. The van der Waals surface area contributed by atoms with Crippen LogP contribution in [0.1, 0.15) is 45.6 Å². The molecule has 1 amide bonds. The number of amides is 1. The summed E-state index contributed by atoms with van der Waals surface area (Å²) >= 11 is 6.03. The lowest BCUT2D eigenvalue weighted by atomic mass is 9.86. The molecule has 1 rings (SSSR count). The van der Waals surface area contributed by atoms with E-state index >= 15 is 0 Å². The van der Waals surface area contributed by atoms with Crippen molar-refractivity contribution in [3.8, 4) is 0 Å². The predicted molar refractivity (Wildman–Crippen MR) is 87.5 cm³/mol. The Bertz CT molecular complexity index is 472. The van der Waals surface area contributed by atoms with Crippen LogP contribution >= 0.6 is 11.6 Å². The highest BCUT2D eigenvalue weighted by atomic mass is 35.5. The van der Waals surface area contributed by atoms with E-state index in [-0.39, 0.29) is 29.8 Å². The van der Waals surface area contributed by atoms with Gasteiger partial charge in [0.05, 0.1) is 5.92 Å². The van der Waals surface area contributed by atoms with Crippen molar-refractivity contribution in [1.82, 2.24) is 5.32 Å². The first-order valence-corrected chi connectivity index (χ1v) is 7.78. The van der Waals surface area contributed by atoms with E-state index in [4.69, 9.17) is 16.7 Å². The van der Waals surface area contributed by atoms with Crippen LogP contribution in [-0.4, -0.2) is 24.2 Å². The Balaban J connectivity index is 2.80. The molecule has 2 N–H and O–H groups in total. The summed E-state index contributed by atoms with van der Waals surface area (Å²) in [5.74, 6) is -0.0173. The van der Waals surface area contributed by atoms with Crippen LogP contribution in [0.25, 0.3) is 0 Å². The summed E-state index contributed by atoms with van der Waals surface area (Å²) in [4.78, 5) is 12.5. The zero-order valence-electron chi connectivity index (χ0n) is 13.3. The van der Waals surface area contributed by atoms with E-state index in [1.54, 1.807) is 0 Å². The number of nitrogens with one attached hydrogen (secondary N) is 1. The van der Waals surface area contributed by atoms with Crippen molar-refractivity contribution in [2.24, 2.45) is 11.3 Å². The summed E-state index contributed by atoms with van der Waals surface area (Å²) in [5.41, 5.74) is 0.829. The summed E-state index contributed by atoms with van der Waals surface area (Å²) in [6.07, 6.45) is 0.663. The van der Waals surface area contributed by atoms with Crippen molar-refractivity contribution in [1.29, 1.82) is 0 Å². The molecule has 0 spiro atoms. The second kappa shape index (κ2) is 7.81. The number of benzene rings is 1. The second-order valence-electron chi connectivity index (χ2n) is 6.63. The average Bonchev–Trinajstić information content (AvgIpc) is 2.36. The fraction of sp³-hybridized carbons (Fsp3) is 0.588. The molecule has 1 atom stereocenters. The van der Waals surface area contributed by atoms with Gasteiger partial charge in [0, 0.05) is 18.2 Å². The van der Waals surface area contributed by atoms with Crippen molar-refractivity contribution in [3.05, 3.63) is 34.9 Å². The minimum absolute atomic E-state index is 0.0123. The van der Waals surface area contributed by atoms with Crippen molar-refractivity contribution in [3.63, 3.8) is 0 Å². The largest absolute Gasteiger partial charge is 0.396 e. The first kappa shape index (κ1) is 18.0. The lowest BCUT2D eigenvalue weighted by Gasteiger charge is -2.27. The van der Waals surface area contributed by atoms with Gasteiger partial charge in [-0.25, -0.2) is 0 Å². The van der Waals surface area contributed by atoms with Crippen LogP contribution in [0, 0.1) is 11.3 Å². The number of aliphatic hydroxyl groups is 1. The quantitative estimate of drug-likeness (QED) is 0.808. The Kier molecular flexibility index (Phi) is 6.69. The predicted octanol–water partition coefficient (Wildman–Crippen LogP) is 3.60. The highest BCUT2D eigenvalue weighted by molar-refractivity contribution is 6.30. The standard InChI is InChI=1S/C17H26ClNO2/c1-12(2)15(13-6-5-7-14(18)10-13)16(21)19-11-17(3,4)8-9-20/h5-7,10,12,15,20H,8-9,11H2,1-4H3,(H,19,21). The normalized spacial score (nSPS) is 13.3. The maximum atomic E-state index is 12.5. The SMILES string of the molecule is CC(C)C(C(=O)NCC(C)(C)CCO)c1cccc(Cl)c1. The maximum Gasteiger partial charge on any atom is 0.227 e. The third-order valence-electron chi connectivity index (χ3n) is 3.69. The van der Waals surface area contributed by atoms with Gasteiger partial charge in [0.2, 0.25) is 5.91 Å². The minimum atomic E-state index is -0.214. The smallest absolute Gasteiger partial charge is 0.227 e. The molecular weight excluding hydrogens is 286 g/mol. The first-order chi connectivity index (χ1) is 9.76. The maximum absolute atomic E-state index is 12.5. The molecule has 1 aromatic carbocycles. The number of hydrogen-bond donors (Lipinski definition) is 2. The number of carbonyl (C=O) groups excluding carboxylic acids is 1. The molecule has 0 aliphatic rings. The molecule has 4 heteroatoms. The monoisotopic (exact) mass is 311 g/mol. The molecule has 0 saturated carbocycles. The van der Waals surface area contributed by atoms with E-state index in [0.717, 1.165) is 5.56 Å². The molecule has 118 valence electrons. The van der Waals surface area contributed by atoms with Crippen LogP contribution in [0.2, 0.25) is 5.02 Å². The molecule has 1 unspecified atom stereocenters. The Labute approximate surface area is 132 Å². The van der Waals surface area contributed by atoms with Crippen LogP contribution in [0.15, 0.2) is 24.3 Å². The molecule has 0 aromatic heterocycles. The van der Waals surface area contributed by atoms with Gasteiger partial charge in [0.1, 0.15) is 0 Å². The molecule has 0 saturated heterocycles. The molecule has 0 radical (unpaired) electrons. The number of aliphatic hydroxyl groups excluding tert-OH is 1. The van der Waals surface area contributed by atoms with E-state index < -0.39 is 0 Å². The first-order valence-electron chi connectivity index (χ1n) is 7.41.